The number of methoxy groups -OCH3 is 1. The van der Waals surface area contributed by atoms with Crippen molar-refractivity contribution in [2.45, 2.75) is 38.0 Å². The van der Waals surface area contributed by atoms with Crippen LogP contribution in [0.5, 0.6) is 11.6 Å². The van der Waals surface area contributed by atoms with Crippen LogP contribution in [0, 0.1) is 5.82 Å². The van der Waals surface area contributed by atoms with Gasteiger partial charge in [-0.15, -0.1) is 0 Å². The molecule has 2 aromatic heterocycles. The van der Waals surface area contributed by atoms with Gasteiger partial charge in [-0.2, -0.15) is 5.10 Å². The summed E-state index contributed by atoms with van der Waals surface area (Å²) in [5, 5.41) is 17.2. The molecular formula is C25H29FN4O4. The van der Waals surface area contributed by atoms with Gasteiger partial charge < -0.3 is 19.9 Å². The van der Waals surface area contributed by atoms with Crippen LogP contribution in [0.3, 0.4) is 0 Å². The molecule has 0 bridgehead atoms. The third-order valence-electron chi connectivity index (χ3n) is 5.97. The summed E-state index contributed by atoms with van der Waals surface area (Å²) in [6.07, 6.45) is 3.03. The summed E-state index contributed by atoms with van der Waals surface area (Å²) in [5.74, 6) is -0.248. The zero-order valence-corrected chi connectivity index (χ0v) is 19.4. The molecule has 0 saturated heterocycles. The minimum atomic E-state index is -0.958. The first-order chi connectivity index (χ1) is 16.4. The third-order valence-corrected chi connectivity index (χ3v) is 5.97. The van der Waals surface area contributed by atoms with Gasteiger partial charge in [0.1, 0.15) is 5.82 Å². The van der Waals surface area contributed by atoms with E-state index in [1.165, 1.54) is 24.8 Å². The smallest absolute Gasteiger partial charge is 0.303 e. The largest absolute Gasteiger partial charge is 0.494 e. The van der Waals surface area contributed by atoms with E-state index in [-0.39, 0.29) is 12.2 Å². The highest BCUT2D eigenvalue weighted by molar-refractivity contribution is 5.68. The van der Waals surface area contributed by atoms with E-state index in [1.807, 2.05) is 6.07 Å². The number of carboxylic acids is 1. The second kappa shape index (κ2) is 10.5. The number of carbonyl (C=O) groups is 1. The molecule has 0 amide bonds. The van der Waals surface area contributed by atoms with Crippen LogP contribution in [-0.2, 0) is 31.1 Å². The molecule has 0 spiro atoms. The molecule has 0 radical (unpaired) electrons. The molecule has 0 fully saturated rings. The van der Waals surface area contributed by atoms with Gasteiger partial charge in [0.2, 0.25) is 5.88 Å². The Hall–Kier alpha value is -3.62. The van der Waals surface area contributed by atoms with Crippen LogP contribution in [0.1, 0.15) is 41.3 Å². The van der Waals surface area contributed by atoms with Crippen molar-refractivity contribution in [1.29, 1.82) is 0 Å². The normalized spacial score (nSPS) is 13.6. The quantitative estimate of drug-likeness (QED) is 0.468. The van der Waals surface area contributed by atoms with Gasteiger partial charge in [-0.25, -0.2) is 14.1 Å². The lowest BCUT2D eigenvalue weighted by atomic mass is 9.91. The van der Waals surface area contributed by atoms with Gasteiger partial charge in [0, 0.05) is 37.7 Å². The fourth-order valence-corrected chi connectivity index (χ4v) is 4.22. The first kappa shape index (κ1) is 23.5. The number of ether oxygens (including phenoxy) is 2. The number of halogens is 1. The molecule has 1 aliphatic heterocycles. The van der Waals surface area contributed by atoms with E-state index in [2.05, 4.69) is 21.5 Å². The summed E-state index contributed by atoms with van der Waals surface area (Å²) in [6, 6.07) is 10.5. The summed E-state index contributed by atoms with van der Waals surface area (Å²) in [4.78, 5) is 16.1. The lowest BCUT2D eigenvalue weighted by Crippen LogP contribution is -2.14. The SMILES string of the molecule is COc1ccc([C@@H](CC(=O)O)Cc2cc(OCCc3ccc4c(n3)NCCC4)n(C)n2)cc1F. The van der Waals surface area contributed by atoms with Crippen molar-refractivity contribution in [1.82, 2.24) is 14.8 Å². The van der Waals surface area contributed by atoms with Crippen LogP contribution in [-0.4, -0.2) is 46.1 Å². The van der Waals surface area contributed by atoms with Crippen LogP contribution in [0.15, 0.2) is 36.4 Å². The van der Waals surface area contributed by atoms with Gasteiger partial charge >= 0.3 is 5.97 Å². The van der Waals surface area contributed by atoms with Crippen LogP contribution in [0.2, 0.25) is 0 Å². The molecule has 1 aliphatic rings. The molecule has 1 aromatic carbocycles. The van der Waals surface area contributed by atoms with Crippen molar-refractivity contribution in [2.75, 3.05) is 25.6 Å². The maximum Gasteiger partial charge on any atom is 0.303 e. The molecule has 9 heteroatoms. The van der Waals surface area contributed by atoms with Crippen molar-refractivity contribution in [3.05, 3.63) is 64.7 Å². The Morgan fingerprint density at radius 1 is 1.26 bits per heavy atom. The van der Waals surface area contributed by atoms with Crippen molar-refractivity contribution >= 4 is 11.8 Å². The molecule has 34 heavy (non-hydrogen) atoms. The van der Waals surface area contributed by atoms with Gasteiger partial charge in [-0.05, 0) is 48.6 Å². The van der Waals surface area contributed by atoms with Gasteiger partial charge in [0.25, 0.3) is 0 Å². The van der Waals surface area contributed by atoms with Crippen molar-refractivity contribution in [2.24, 2.45) is 7.05 Å². The van der Waals surface area contributed by atoms with E-state index in [9.17, 15) is 14.3 Å². The fourth-order valence-electron chi connectivity index (χ4n) is 4.22. The molecule has 8 nitrogen and oxygen atoms in total. The van der Waals surface area contributed by atoms with Crippen LogP contribution in [0.4, 0.5) is 10.2 Å². The van der Waals surface area contributed by atoms with E-state index >= 15 is 0 Å². The molecule has 0 saturated carbocycles. The number of hydrogen-bond donors (Lipinski definition) is 2. The minimum absolute atomic E-state index is 0.121. The number of benzene rings is 1. The van der Waals surface area contributed by atoms with E-state index in [0.29, 0.717) is 36.6 Å². The Balaban J connectivity index is 1.40. The highest BCUT2D eigenvalue weighted by atomic mass is 19.1. The Morgan fingerprint density at radius 2 is 2.12 bits per heavy atom. The van der Waals surface area contributed by atoms with E-state index in [0.717, 1.165) is 30.9 Å². The highest BCUT2D eigenvalue weighted by Crippen LogP contribution is 2.29. The van der Waals surface area contributed by atoms with Gasteiger partial charge in [0.15, 0.2) is 11.6 Å². The van der Waals surface area contributed by atoms with Crippen LogP contribution < -0.4 is 14.8 Å². The Kier molecular flexibility index (Phi) is 7.30. The molecule has 0 aliphatic carbocycles. The predicted octanol–water partition coefficient (Wildman–Crippen LogP) is 3.74. The molecular weight excluding hydrogens is 439 g/mol. The summed E-state index contributed by atoms with van der Waals surface area (Å²) in [7, 11) is 3.17. The monoisotopic (exact) mass is 468 g/mol. The maximum absolute atomic E-state index is 14.2. The predicted molar refractivity (Wildman–Crippen MR) is 125 cm³/mol. The van der Waals surface area contributed by atoms with Crippen LogP contribution >= 0.6 is 0 Å². The lowest BCUT2D eigenvalue weighted by molar-refractivity contribution is -0.137. The number of pyridine rings is 1. The fraction of sp³-hybridized carbons (Fsp3) is 0.400. The van der Waals surface area contributed by atoms with E-state index in [1.54, 1.807) is 23.9 Å². The third kappa shape index (κ3) is 5.65. The summed E-state index contributed by atoms with van der Waals surface area (Å²) >= 11 is 0. The zero-order chi connectivity index (χ0) is 24.1. The van der Waals surface area contributed by atoms with Gasteiger partial charge in [0.05, 0.1) is 25.8 Å². The van der Waals surface area contributed by atoms with E-state index < -0.39 is 17.7 Å². The second-order valence-corrected chi connectivity index (χ2v) is 8.43. The number of anilines is 1. The maximum atomic E-state index is 14.2. The number of nitrogens with one attached hydrogen (secondary N) is 1. The van der Waals surface area contributed by atoms with Gasteiger partial charge in [-0.1, -0.05) is 12.1 Å². The Bertz CT molecular complexity index is 1160. The van der Waals surface area contributed by atoms with E-state index in [4.69, 9.17) is 9.47 Å². The molecule has 3 aromatic rings. The molecule has 3 heterocycles. The Morgan fingerprint density at radius 3 is 2.88 bits per heavy atom. The number of aliphatic carboxylic acids is 1. The molecule has 1 atom stereocenters. The average molecular weight is 469 g/mol. The zero-order valence-electron chi connectivity index (χ0n) is 19.4. The Labute approximate surface area is 197 Å². The number of aromatic nitrogens is 3. The first-order valence-electron chi connectivity index (χ1n) is 11.4. The average Bonchev–Trinajstić information content (AvgIpc) is 3.17. The number of carboxylic acid groups (broad SMARTS) is 1. The van der Waals surface area contributed by atoms with Crippen molar-refractivity contribution in [3.63, 3.8) is 0 Å². The number of fused-ring (bicyclic) bond motifs is 1. The number of rotatable bonds is 10. The number of hydrogen-bond acceptors (Lipinski definition) is 6. The summed E-state index contributed by atoms with van der Waals surface area (Å²) in [6.45, 7) is 1.39. The van der Waals surface area contributed by atoms with Gasteiger partial charge in [-0.3, -0.25) is 4.79 Å². The summed E-state index contributed by atoms with van der Waals surface area (Å²) < 4.78 is 26.7. The van der Waals surface area contributed by atoms with Crippen LogP contribution in [0.25, 0.3) is 0 Å². The highest BCUT2D eigenvalue weighted by Gasteiger charge is 2.20. The van der Waals surface area contributed by atoms with Crippen molar-refractivity contribution in [3.8, 4) is 11.6 Å². The number of nitrogens with zero attached hydrogens (tertiary/aromatic N) is 3. The molecule has 0 unspecified atom stereocenters. The lowest BCUT2D eigenvalue weighted by Gasteiger charge is -2.17. The molecule has 2 N–H and O–H groups in total. The minimum Gasteiger partial charge on any atom is -0.494 e. The first-order valence-corrected chi connectivity index (χ1v) is 11.4. The van der Waals surface area contributed by atoms with Crippen molar-refractivity contribution < 1.29 is 23.8 Å². The second-order valence-electron chi connectivity index (χ2n) is 8.43. The number of aryl methyl sites for hydroxylation is 2. The topological polar surface area (TPSA) is 98.5 Å². The molecule has 180 valence electrons. The molecule has 4 rings (SSSR count). The standard InChI is InChI=1S/C25H29FN4O4/c1-30-23(34-11-9-19-7-5-16-4-3-10-27-25(16)28-19)15-20(29-30)12-18(14-24(31)32)17-6-8-22(33-2)21(26)13-17/h5-8,13,15,18H,3-4,9-12,14H2,1-2H3,(H,27,28)(H,31,32)/t18-/m1/s1. The summed E-state index contributed by atoms with van der Waals surface area (Å²) in [5.41, 5.74) is 3.47.